The second-order valence-corrected chi connectivity index (χ2v) is 7.41. The molecule has 0 aromatic carbocycles. The summed E-state index contributed by atoms with van der Waals surface area (Å²) in [7, 11) is -1.84. The van der Waals surface area contributed by atoms with Crippen LogP contribution in [0.1, 0.15) is 6.92 Å². The Labute approximate surface area is 128 Å². The third-order valence-electron chi connectivity index (χ3n) is 3.45. The summed E-state index contributed by atoms with van der Waals surface area (Å²) in [6.07, 6.45) is 1.58. The lowest BCUT2D eigenvalue weighted by Crippen LogP contribution is -2.48. The van der Waals surface area contributed by atoms with Crippen molar-refractivity contribution in [3.63, 3.8) is 0 Å². The molecule has 1 fully saturated rings. The van der Waals surface area contributed by atoms with E-state index in [1.807, 2.05) is 0 Å². The molecule has 8 heteroatoms. The van der Waals surface area contributed by atoms with E-state index in [1.54, 1.807) is 19.3 Å². The summed E-state index contributed by atoms with van der Waals surface area (Å²) in [5.74, 6) is 0.381. The molecular formula is C12H19BrN4O2S. The number of halogens is 1. The topological polar surface area (TPSA) is 65.5 Å². The summed E-state index contributed by atoms with van der Waals surface area (Å²) in [6, 6.07) is 1.60. The van der Waals surface area contributed by atoms with Gasteiger partial charge in [-0.1, -0.05) is 6.92 Å². The number of pyridine rings is 1. The minimum Gasteiger partial charge on any atom is -0.372 e. The average Bonchev–Trinajstić information content (AvgIpc) is 2.47. The molecule has 2 rings (SSSR count). The first-order valence-electron chi connectivity index (χ1n) is 6.55. The molecule has 0 saturated carbocycles. The quantitative estimate of drug-likeness (QED) is 0.871. The van der Waals surface area contributed by atoms with Crippen molar-refractivity contribution in [2.45, 2.75) is 11.8 Å². The Morgan fingerprint density at radius 3 is 2.55 bits per heavy atom. The van der Waals surface area contributed by atoms with Gasteiger partial charge in [-0.25, -0.2) is 13.4 Å². The molecule has 1 aliphatic heterocycles. The van der Waals surface area contributed by atoms with E-state index in [0.717, 1.165) is 19.6 Å². The van der Waals surface area contributed by atoms with Crippen molar-refractivity contribution >= 4 is 31.8 Å². The largest absolute Gasteiger partial charge is 0.372 e. The van der Waals surface area contributed by atoms with Crippen LogP contribution in [-0.4, -0.2) is 62.4 Å². The van der Waals surface area contributed by atoms with Crippen LogP contribution < -0.4 is 5.32 Å². The molecule has 1 aromatic heterocycles. The van der Waals surface area contributed by atoms with E-state index in [9.17, 15) is 8.42 Å². The number of rotatable bonds is 4. The maximum atomic E-state index is 12.7. The van der Waals surface area contributed by atoms with Gasteiger partial charge < -0.3 is 10.2 Å². The van der Waals surface area contributed by atoms with Crippen molar-refractivity contribution in [3.05, 3.63) is 16.7 Å². The molecule has 1 N–H and O–H groups in total. The number of piperazine rings is 1. The van der Waals surface area contributed by atoms with E-state index in [-0.39, 0.29) is 4.90 Å². The Morgan fingerprint density at radius 1 is 1.35 bits per heavy atom. The van der Waals surface area contributed by atoms with Gasteiger partial charge in [0.15, 0.2) is 0 Å². The van der Waals surface area contributed by atoms with E-state index >= 15 is 0 Å². The Bertz CT molecular complexity index is 571. The van der Waals surface area contributed by atoms with Crippen LogP contribution in [0.3, 0.4) is 0 Å². The second kappa shape index (κ2) is 6.38. The number of likely N-dealkylation sites (N-methyl/N-ethyl adjacent to an activating group) is 1. The number of anilines is 1. The summed E-state index contributed by atoms with van der Waals surface area (Å²) >= 11 is 3.28. The molecule has 112 valence electrons. The lowest BCUT2D eigenvalue weighted by molar-refractivity contribution is 0.196. The number of nitrogens with zero attached hydrogens (tertiary/aromatic N) is 3. The monoisotopic (exact) mass is 362 g/mol. The van der Waals surface area contributed by atoms with Crippen LogP contribution in [0.15, 0.2) is 21.6 Å². The second-order valence-electron chi connectivity index (χ2n) is 4.59. The van der Waals surface area contributed by atoms with Crippen molar-refractivity contribution < 1.29 is 8.42 Å². The fourth-order valence-electron chi connectivity index (χ4n) is 2.23. The Morgan fingerprint density at radius 2 is 2.00 bits per heavy atom. The van der Waals surface area contributed by atoms with Crippen LogP contribution in [0.25, 0.3) is 0 Å². The molecule has 0 amide bonds. The van der Waals surface area contributed by atoms with Crippen LogP contribution >= 0.6 is 15.9 Å². The highest BCUT2D eigenvalue weighted by Crippen LogP contribution is 2.26. The predicted octanol–water partition coefficient (Wildman–Crippen LogP) is 1.21. The third-order valence-corrected chi connectivity index (χ3v) is 5.80. The highest BCUT2D eigenvalue weighted by atomic mass is 79.9. The van der Waals surface area contributed by atoms with Gasteiger partial charge >= 0.3 is 0 Å². The Kier molecular flexibility index (Phi) is 5.00. The van der Waals surface area contributed by atoms with Crippen molar-refractivity contribution in [1.29, 1.82) is 0 Å². The molecule has 0 spiro atoms. The van der Waals surface area contributed by atoms with Crippen molar-refractivity contribution in [2.75, 3.05) is 45.1 Å². The molecule has 20 heavy (non-hydrogen) atoms. The molecule has 1 aromatic rings. The highest BCUT2D eigenvalue weighted by molar-refractivity contribution is 9.10. The summed E-state index contributed by atoms with van der Waals surface area (Å²) in [4.78, 5) is 6.58. The fraction of sp³-hybridized carbons (Fsp3) is 0.583. The minimum atomic E-state index is -3.51. The number of hydrogen-bond donors (Lipinski definition) is 1. The van der Waals surface area contributed by atoms with E-state index < -0.39 is 10.0 Å². The van der Waals surface area contributed by atoms with Gasteiger partial charge in [-0.2, -0.15) is 4.31 Å². The van der Waals surface area contributed by atoms with E-state index in [0.29, 0.717) is 23.4 Å². The average molecular weight is 363 g/mol. The van der Waals surface area contributed by atoms with Crippen LogP contribution in [0.2, 0.25) is 0 Å². The molecular weight excluding hydrogens is 344 g/mol. The SMILES string of the molecule is CCN1CCN(S(=O)(=O)c2cc(Br)cnc2NC)CC1. The first kappa shape index (κ1) is 15.7. The molecule has 0 unspecified atom stereocenters. The van der Waals surface area contributed by atoms with Crippen LogP contribution in [0.5, 0.6) is 0 Å². The minimum absolute atomic E-state index is 0.222. The Balaban J connectivity index is 2.29. The number of aromatic nitrogens is 1. The maximum Gasteiger partial charge on any atom is 0.246 e. The van der Waals surface area contributed by atoms with Gasteiger partial charge in [-0.3, -0.25) is 0 Å². The van der Waals surface area contributed by atoms with Gasteiger partial charge in [0.2, 0.25) is 10.0 Å². The molecule has 1 saturated heterocycles. The molecule has 0 atom stereocenters. The summed E-state index contributed by atoms with van der Waals surface area (Å²) in [6.45, 7) is 5.62. The maximum absolute atomic E-state index is 12.7. The first-order valence-corrected chi connectivity index (χ1v) is 8.78. The summed E-state index contributed by atoms with van der Waals surface area (Å²) in [5.41, 5.74) is 0. The first-order chi connectivity index (χ1) is 9.48. The van der Waals surface area contributed by atoms with Gasteiger partial charge in [-0.05, 0) is 28.5 Å². The van der Waals surface area contributed by atoms with Crippen LogP contribution in [0, 0.1) is 0 Å². The summed E-state index contributed by atoms with van der Waals surface area (Å²) in [5, 5.41) is 2.84. The molecule has 6 nitrogen and oxygen atoms in total. The molecule has 2 heterocycles. The van der Waals surface area contributed by atoms with Crippen LogP contribution in [0.4, 0.5) is 5.82 Å². The lowest BCUT2D eigenvalue weighted by atomic mass is 10.4. The zero-order chi connectivity index (χ0) is 14.8. The third kappa shape index (κ3) is 3.13. The highest BCUT2D eigenvalue weighted by Gasteiger charge is 2.30. The van der Waals surface area contributed by atoms with Gasteiger partial charge in [0.05, 0.1) is 0 Å². The standard InChI is InChI=1S/C12H19BrN4O2S/c1-3-16-4-6-17(7-5-16)20(18,19)11-8-10(13)9-15-12(11)14-2/h8-9H,3-7H2,1-2H3,(H,14,15). The fourth-order valence-corrected chi connectivity index (χ4v) is 4.31. The zero-order valence-corrected chi connectivity index (χ0v) is 14.0. The van der Waals surface area contributed by atoms with Crippen molar-refractivity contribution in [3.8, 4) is 0 Å². The van der Waals surface area contributed by atoms with Crippen molar-refractivity contribution in [1.82, 2.24) is 14.2 Å². The zero-order valence-electron chi connectivity index (χ0n) is 11.6. The van der Waals surface area contributed by atoms with Crippen LogP contribution in [-0.2, 0) is 10.0 Å². The van der Waals surface area contributed by atoms with Gasteiger partial charge in [0.1, 0.15) is 10.7 Å². The van der Waals surface area contributed by atoms with E-state index in [2.05, 4.69) is 38.1 Å². The van der Waals surface area contributed by atoms with E-state index in [1.165, 1.54) is 4.31 Å². The smallest absolute Gasteiger partial charge is 0.246 e. The number of nitrogens with one attached hydrogen (secondary N) is 1. The van der Waals surface area contributed by atoms with Crippen molar-refractivity contribution in [2.24, 2.45) is 0 Å². The molecule has 0 radical (unpaired) electrons. The predicted molar refractivity (Wildman–Crippen MR) is 82.4 cm³/mol. The number of sulfonamides is 1. The van der Waals surface area contributed by atoms with Gasteiger partial charge in [0, 0.05) is 43.9 Å². The van der Waals surface area contributed by atoms with Gasteiger partial charge in [0.25, 0.3) is 0 Å². The Hall–Kier alpha value is -0.700. The van der Waals surface area contributed by atoms with Gasteiger partial charge in [-0.15, -0.1) is 0 Å². The molecule has 1 aliphatic rings. The molecule has 0 aliphatic carbocycles. The lowest BCUT2D eigenvalue weighted by Gasteiger charge is -2.33. The number of hydrogen-bond acceptors (Lipinski definition) is 5. The summed E-state index contributed by atoms with van der Waals surface area (Å²) < 4.78 is 27.6. The normalized spacial score (nSPS) is 18.1. The molecule has 0 bridgehead atoms. The van der Waals surface area contributed by atoms with E-state index in [4.69, 9.17) is 0 Å².